The Morgan fingerprint density at radius 2 is 2.06 bits per heavy atom. The SMILES string of the molecule is CC(C)(CN)C(=O)N1C(C(=O)O)CSC1C1CC1. The number of aliphatic carboxylic acids is 1. The summed E-state index contributed by atoms with van der Waals surface area (Å²) in [5.74, 6) is -0.0777. The molecule has 6 heteroatoms. The van der Waals surface area contributed by atoms with Crippen LogP contribution in [0.15, 0.2) is 0 Å². The average molecular weight is 272 g/mol. The zero-order chi connectivity index (χ0) is 13.5. The molecule has 1 amide bonds. The van der Waals surface area contributed by atoms with Gasteiger partial charge in [-0.25, -0.2) is 4.79 Å². The van der Waals surface area contributed by atoms with E-state index in [1.165, 1.54) is 0 Å². The lowest BCUT2D eigenvalue weighted by Crippen LogP contribution is -2.52. The summed E-state index contributed by atoms with van der Waals surface area (Å²) in [4.78, 5) is 25.4. The number of amides is 1. The van der Waals surface area contributed by atoms with Gasteiger partial charge >= 0.3 is 5.97 Å². The van der Waals surface area contributed by atoms with Gasteiger partial charge < -0.3 is 15.7 Å². The molecule has 2 fully saturated rings. The van der Waals surface area contributed by atoms with Crippen LogP contribution in [-0.4, -0.2) is 45.6 Å². The molecule has 2 rings (SSSR count). The predicted octanol–water partition coefficient (Wildman–Crippen LogP) is 0.736. The van der Waals surface area contributed by atoms with Gasteiger partial charge in [-0.2, -0.15) is 0 Å². The van der Waals surface area contributed by atoms with Gasteiger partial charge in [0.25, 0.3) is 0 Å². The molecule has 18 heavy (non-hydrogen) atoms. The van der Waals surface area contributed by atoms with E-state index in [-0.39, 0.29) is 17.8 Å². The third-order valence-electron chi connectivity index (χ3n) is 3.67. The van der Waals surface area contributed by atoms with Gasteiger partial charge in [0.2, 0.25) is 5.91 Å². The Morgan fingerprint density at radius 1 is 1.44 bits per heavy atom. The number of thioether (sulfide) groups is 1. The van der Waals surface area contributed by atoms with E-state index in [0.717, 1.165) is 12.8 Å². The second-order valence-electron chi connectivity index (χ2n) is 5.72. The second kappa shape index (κ2) is 4.74. The third-order valence-corrected chi connectivity index (χ3v) is 5.13. The first-order valence-electron chi connectivity index (χ1n) is 6.25. The van der Waals surface area contributed by atoms with Gasteiger partial charge in [0, 0.05) is 12.3 Å². The van der Waals surface area contributed by atoms with Crippen LogP contribution in [0.3, 0.4) is 0 Å². The van der Waals surface area contributed by atoms with Crippen molar-refractivity contribution in [3.05, 3.63) is 0 Å². The minimum Gasteiger partial charge on any atom is -0.480 e. The maximum absolute atomic E-state index is 12.5. The van der Waals surface area contributed by atoms with Crippen LogP contribution in [0, 0.1) is 11.3 Å². The molecule has 5 nitrogen and oxygen atoms in total. The molecule has 1 heterocycles. The number of carbonyl (C=O) groups is 2. The average Bonchev–Trinajstić information content (AvgIpc) is 3.06. The van der Waals surface area contributed by atoms with Crippen LogP contribution >= 0.6 is 11.8 Å². The monoisotopic (exact) mass is 272 g/mol. The molecule has 0 bridgehead atoms. The Bertz CT molecular complexity index is 368. The summed E-state index contributed by atoms with van der Waals surface area (Å²) in [7, 11) is 0. The maximum atomic E-state index is 12.5. The highest BCUT2D eigenvalue weighted by Gasteiger charge is 2.50. The van der Waals surface area contributed by atoms with Crippen LogP contribution in [-0.2, 0) is 9.59 Å². The van der Waals surface area contributed by atoms with E-state index in [4.69, 9.17) is 5.73 Å². The molecule has 1 saturated heterocycles. The topological polar surface area (TPSA) is 83.6 Å². The van der Waals surface area contributed by atoms with Crippen molar-refractivity contribution >= 4 is 23.6 Å². The van der Waals surface area contributed by atoms with Gasteiger partial charge in [-0.1, -0.05) is 0 Å². The molecule has 102 valence electrons. The fourth-order valence-corrected chi connectivity index (χ4v) is 3.79. The summed E-state index contributed by atoms with van der Waals surface area (Å²) in [6.07, 6.45) is 2.19. The van der Waals surface area contributed by atoms with Crippen molar-refractivity contribution in [3.8, 4) is 0 Å². The van der Waals surface area contributed by atoms with E-state index in [2.05, 4.69) is 0 Å². The van der Waals surface area contributed by atoms with Crippen LogP contribution in [0.1, 0.15) is 26.7 Å². The second-order valence-corrected chi connectivity index (χ2v) is 6.87. The Kier molecular flexibility index (Phi) is 3.60. The number of carboxylic acids is 1. The van der Waals surface area contributed by atoms with Gasteiger partial charge in [-0.15, -0.1) is 11.8 Å². The van der Waals surface area contributed by atoms with Gasteiger partial charge in [-0.05, 0) is 32.6 Å². The van der Waals surface area contributed by atoms with E-state index in [1.54, 1.807) is 30.5 Å². The lowest BCUT2D eigenvalue weighted by molar-refractivity contribution is -0.153. The molecule has 2 unspecified atom stereocenters. The van der Waals surface area contributed by atoms with Crippen molar-refractivity contribution in [1.82, 2.24) is 4.90 Å². The largest absolute Gasteiger partial charge is 0.480 e. The first-order chi connectivity index (χ1) is 8.38. The van der Waals surface area contributed by atoms with Gasteiger partial charge in [0.05, 0.1) is 10.8 Å². The number of carbonyl (C=O) groups excluding carboxylic acids is 1. The summed E-state index contributed by atoms with van der Waals surface area (Å²) < 4.78 is 0. The molecule has 2 atom stereocenters. The van der Waals surface area contributed by atoms with E-state index in [1.807, 2.05) is 0 Å². The molecule has 1 saturated carbocycles. The molecule has 0 aromatic carbocycles. The first kappa shape index (κ1) is 13.7. The van der Waals surface area contributed by atoms with E-state index >= 15 is 0 Å². The quantitative estimate of drug-likeness (QED) is 0.788. The molecule has 3 N–H and O–H groups in total. The van der Waals surface area contributed by atoms with Gasteiger partial charge in [-0.3, -0.25) is 4.79 Å². The van der Waals surface area contributed by atoms with Crippen LogP contribution in [0.2, 0.25) is 0 Å². The van der Waals surface area contributed by atoms with Crippen LogP contribution < -0.4 is 5.73 Å². The number of nitrogens with two attached hydrogens (primary N) is 1. The number of hydrogen-bond acceptors (Lipinski definition) is 4. The molecular formula is C12H20N2O3S. The minimum atomic E-state index is -0.910. The van der Waals surface area contributed by atoms with Crippen molar-refractivity contribution in [3.63, 3.8) is 0 Å². The minimum absolute atomic E-state index is 0.0319. The zero-order valence-electron chi connectivity index (χ0n) is 10.8. The van der Waals surface area contributed by atoms with E-state index < -0.39 is 17.4 Å². The molecule has 1 aliphatic heterocycles. The van der Waals surface area contributed by atoms with Crippen LogP contribution in [0.5, 0.6) is 0 Å². The lowest BCUT2D eigenvalue weighted by Gasteiger charge is -2.34. The molecular weight excluding hydrogens is 252 g/mol. The van der Waals surface area contributed by atoms with Crippen molar-refractivity contribution in [2.24, 2.45) is 17.1 Å². The summed E-state index contributed by atoms with van der Waals surface area (Å²) in [6.45, 7) is 3.79. The van der Waals surface area contributed by atoms with Gasteiger partial charge in [0.1, 0.15) is 6.04 Å². The van der Waals surface area contributed by atoms with Crippen molar-refractivity contribution in [2.75, 3.05) is 12.3 Å². The fourth-order valence-electron chi connectivity index (χ4n) is 2.16. The number of carboxylic acid groups (broad SMARTS) is 1. The van der Waals surface area contributed by atoms with Crippen LogP contribution in [0.4, 0.5) is 0 Å². The van der Waals surface area contributed by atoms with Gasteiger partial charge in [0.15, 0.2) is 0 Å². The Balaban J connectivity index is 2.23. The summed E-state index contributed by atoms with van der Waals surface area (Å²) in [5.41, 5.74) is 4.94. The number of rotatable bonds is 4. The highest BCUT2D eigenvalue weighted by Crippen LogP contribution is 2.46. The highest BCUT2D eigenvalue weighted by atomic mass is 32.2. The Hall–Kier alpha value is -0.750. The molecule has 0 spiro atoms. The smallest absolute Gasteiger partial charge is 0.327 e. The Morgan fingerprint density at radius 3 is 2.50 bits per heavy atom. The normalized spacial score (nSPS) is 28.5. The molecule has 0 aromatic rings. The Labute approximate surface area is 111 Å². The zero-order valence-corrected chi connectivity index (χ0v) is 11.6. The summed E-state index contributed by atoms with van der Waals surface area (Å²) in [6, 6.07) is -0.695. The molecule has 2 aliphatic rings. The first-order valence-corrected chi connectivity index (χ1v) is 7.30. The van der Waals surface area contributed by atoms with Crippen molar-refractivity contribution in [1.29, 1.82) is 0 Å². The lowest BCUT2D eigenvalue weighted by atomic mass is 9.91. The van der Waals surface area contributed by atoms with E-state index in [0.29, 0.717) is 11.7 Å². The maximum Gasteiger partial charge on any atom is 0.327 e. The fraction of sp³-hybridized carbons (Fsp3) is 0.833. The van der Waals surface area contributed by atoms with Crippen LogP contribution in [0.25, 0.3) is 0 Å². The molecule has 1 aliphatic carbocycles. The van der Waals surface area contributed by atoms with Crippen molar-refractivity contribution in [2.45, 2.75) is 38.1 Å². The molecule has 0 aromatic heterocycles. The standard InChI is InChI=1S/C12H20N2O3S/c1-12(2,6-13)11(17)14-8(10(15)16)5-18-9(14)7-3-4-7/h7-9H,3-6,13H2,1-2H3,(H,15,16). The summed E-state index contributed by atoms with van der Waals surface area (Å²) >= 11 is 1.60. The summed E-state index contributed by atoms with van der Waals surface area (Å²) in [5, 5.41) is 9.28. The number of hydrogen-bond donors (Lipinski definition) is 2. The number of nitrogens with zero attached hydrogens (tertiary/aromatic N) is 1. The predicted molar refractivity (Wildman–Crippen MR) is 70.1 cm³/mol. The highest BCUT2D eigenvalue weighted by molar-refractivity contribution is 8.00. The third kappa shape index (κ3) is 2.36. The van der Waals surface area contributed by atoms with Crippen molar-refractivity contribution < 1.29 is 14.7 Å². The molecule has 0 radical (unpaired) electrons. The van der Waals surface area contributed by atoms with E-state index in [9.17, 15) is 14.7 Å².